The lowest BCUT2D eigenvalue weighted by Gasteiger charge is -2.51. The zero-order valence-corrected chi connectivity index (χ0v) is 24.6. The van der Waals surface area contributed by atoms with E-state index in [0.717, 1.165) is 16.8 Å². The van der Waals surface area contributed by atoms with E-state index >= 15 is 0 Å². The van der Waals surface area contributed by atoms with E-state index in [2.05, 4.69) is 29.5 Å². The number of halogens is 1. The number of anilines is 2. The predicted octanol–water partition coefficient (Wildman–Crippen LogP) is 2.81. The molecule has 0 atom stereocenters. The van der Waals surface area contributed by atoms with Gasteiger partial charge in [0.05, 0.1) is 17.4 Å². The molecule has 13 heteroatoms. The minimum Gasteiger partial charge on any atom is -0.369 e. The van der Waals surface area contributed by atoms with Crippen LogP contribution in [0.4, 0.5) is 11.4 Å². The summed E-state index contributed by atoms with van der Waals surface area (Å²) in [5.41, 5.74) is 2.30. The van der Waals surface area contributed by atoms with Gasteiger partial charge in [0.25, 0.3) is 11.8 Å². The van der Waals surface area contributed by atoms with E-state index in [-0.39, 0.29) is 33.8 Å². The Kier molecular flexibility index (Phi) is 8.66. The van der Waals surface area contributed by atoms with E-state index in [1.807, 2.05) is 38.6 Å². The molecule has 2 aromatic carbocycles. The Bertz CT molecular complexity index is 1590. The molecule has 2 heterocycles. The number of amides is 3. The molecule has 1 fully saturated rings. The van der Waals surface area contributed by atoms with Gasteiger partial charge in [-0.15, -0.1) is 0 Å². The second kappa shape index (κ2) is 11.9. The molecule has 0 bridgehead atoms. The number of carbonyl (C=O) groups excluding carboxylic acids is 3. The smallest absolute Gasteiger partial charge is 0.301 e. The number of pyridine rings is 1. The van der Waals surface area contributed by atoms with Gasteiger partial charge < -0.3 is 15.5 Å². The molecule has 1 aliphatic rings. The Morgan fingerprint density at radius 3 is 2.27 bits per heavy atom. The van der Waals surface area contributed by atoms with Gasteiger partial charge in [-0.2, -0.15) is 8.42 Å². The highest BCUT2D eigenvalue weighted by atomic mass is 35.5. The first-order chi connectivity index (χ1) is 19.4. The Morgan fingerprint density at radius 1 is 1.00 bits per heavy atom. The van der Waals surface area contributed by atoms with Gasteiger partial charge in [0.1, 0.15) is 10.6 Å². The van der Waals surface area contributed by atoms with Crippen molar-refractivity contribution in [1.29, 1.82) is 0 Å². The van der Waals surface area contributed by atoms with Crippen molar-refractivity contribution in [2.45, 2.75) is 25.2 Å². The summed E-state index contributed by atoms with van der Waals surface area (Å²) in [4.78, 5) is 44.9. The molecule has 4 N–H and O–H groups in total. The maximum atomic E-state index is 14.1. The van der Waals surface area contributed by atoms with Crippen LogP contribution in [0.3, 0.4) is 0 Å². The number of rotatable bonds is 9. The van der Waals surface area contributed by atoms with Crippen molar-refractivity contribution in [3.8, 4) is 0 Å². The van der Waals surface area contributed by atoms with E-state index in [1.54, 1.807) is 12.1 Å². The second-order valence-corrected chi connectivity index (χ2v) is 12.0. The molecule has 0 spiro atoms. The number of benzene rings is 2. The lowest BCUT2D eigenvalue weighted by atomic mass is 9.69. The van der Waals surface area contributed by atoms with E-state index in [4.69, 9.17) is 11.6 Å². The van der Waals surface area contributed by atoms with Crippen LogP contribution in [-0.2, 0) is 20.4 Å². The molecule has 1 saturated heterocycles. The summed E-state index contributed by atoms with van der Waals surface area (Å²) in [5, 5.41) is 5.59. The van der Waals surface area contributed by atoms with Gasteiger partial charge in [-0.05, 0) is 47.4 Å². The van der Waals surface area contributed by atoms with Crippen molar-refractivity contribution < 1.29 is 22.8 Å². The van der Waals surface area contributed by atoms with Crippen molar-refractivity contribution in [2.75, 3.05) is 37.4 Å². The highest BCUT2D eigenvalue weighted by Gasteiger charge is 2.52. The first kappa shape index (κ1) is 30.0. The van der Waals surface area contributed by atoms with Crippen LogP contribution in [0.5, 0.6) is 0 Å². The van der Waals surface area contributed by atoms with Crippen LogP contribution in [0, 0.1) is 0 Å². The average Bonchev–Trinajstić information content (AvgIpc) is 2.93. The summed E-state index contributed by atoms with van der Waals surface area (Å²) >= 11 is 6.02. The van der Waals surface area contributed by atoms with E-state index < -0.39 is 27.4 Å². The van der Waals surface area contributed by atoms with Crippen LogP contribution in [0.1, 0.15) is 51.6 Å². The van der Waals surface area contributed by atoms with Crippen LogP contribution in [-0.4, -0.2) is 58.3 Å². The van der Waals surface area contributed by atoms with Crippen LogP contribution in [0.25, 0.3) is 0 Å². The maximum Gasteiger partial charge on any atom is 0.301 e. The number of hydrogen-bond donors (Lipinski definition) is 4. The molecule has 4 rings (SSSR count). The highest BCUT2D eigenvalue weighted by molar-refractivity contribution is 7.88. The van der Waals surface area contributed by atoms with Crippen LogP contribution >= 0.6 is 11.6 Å². The third-order valence-electron chi connectivity index (χ3n) is 7.04. The molecule has 0 saturated carbocycles. The quantitative estimate of drug-likeness (QED) is 0.277. The summed E-state index contributed by atoms with van der Waals surface area (Å²) in [6, 6.07) is 15.6. The summed E-state index contributed by atoms with van der Waals surface area (Å²) in [7, 11) is -1.25. The molecule has 216 valence electrons. The number of nitrogens with one attached hydrogen (secondary N) is 4. The van der Waals surface area contributed by atoms with Gasteiger partial charge in [-0.1, -0.05) is 49.7 Å². The highest BCUT2D eigenvalue weighted by Crippen LogP contribution is 2.42. The lowest BCUT2D eigenvalue weighted by molar-refractivity contribution is -0.122. The number of nitrogens with zero attached hydrogens (tertiary/aromatic N) is 2. The third kappa shape index (κ3) is 6.19. The Labute approximate surface area is 243 Å². The first-order valence-electron chi connectivity index (χ1n) is 12.8. The first-order valence-corrected chi connectivity index (χ1v) is 14.7. The lowest BCUT2D eigenvalue weighted by Crippen LogP contribution is -2.65. The Balaban J connectivity index is 1.65. The van der Waals surface area contributed by atoms with E-state index in [9.17, 15) is 22.8 Å². The summed E-state index contributed by atoms with van der Waals surface area (Å²) in [6.45, 7) is 4.76. The number of hydrogen-bond acceptors (Lipinski definition) is 7. The molecule has 1 aliphatic heterocycles. The maximum absolute atomic E-state index is 14.1. The van der Waals surface area contributed by atoms with Crippen molar-refractivity contribution in [3.63, 3.8) is 0 Å². The minimum atomic E-state index is -3.93. The molecule has 11 nitrogen and oxygen atoms in total. The minimum absolute atomic E-state index is 0.122. The standard InChI is InChI=1S/C28H31ClN6O5S/c1-17(2)20-7-5-6-8-22(20)28(27(38)33-23-14-32-24(29)13-21(23)26(37)30-3)15-35(16-28)19-11-9-18(10-12-19)25(36)34-41(39,40)31-4/h5-14,17,31H,15-16H2,1-4H3,(H,30,37)(H,33,38)(H,34,36). The largest absolute Gasteiger partial charge is 0.369 e. The zero-order chi connectivity index (χ0) is 29.9. The molecular formula is C28H31ClN6O5S. The van der Waals surface area contributed by atoms with Crippen molar-refractivity contribution >= 4 is 50.9 Å². The van der Waals surface area contributed by atoms with Crippen molar-refractivity contribution in [2.24, 2.45) is 0 Å². The van der Waals surface area contributed by atoms with Gasteiger partial charge in [0.15, 0.2) is 0 Å². The van der Waals surface area contributed by atoms with Crippen LogP contribution in [0.15, 0.2) is 60.8 Å². The van der Waals surface area contributed by atoms with Gasteiger partial charge in [0, 0.05) is 38.4 Å². The zero-order valence-electron chi connectivity index (χ0n) is 23.0. The second-order valence-electron chi connectivity index (χ2n) is 9.95. The van der Waals surface area contributed by atoms with Gasteiger partial charge in [0.2, 0.25) is 5.91 Å². The van der Waals surface area contributed by atoms with E-state index in [0.29, 0.717) is 13.1 Å². The topological polar surface area (TPSA) is 150 Å². The molecule has 0 radical (unpaired) electrons. The monoisotopic (exact) mass is 598 g/mol. The summed E-state index contributed by atoms with van der Waals surface area (Å²) in [5.74, 6) is -1.33. The fourth-order valence-corrected chi connectivity index (χ4v) is 5.43. The van der Waals surface area contributed by atoms with Gasteiger partial charge in [-0.25, -0.2) is 14.4 Å². The van der Waals surface area contributed by atoms with Gasteiger partial charge in [-0.3, -0.25) is 14.4 Å². The summed E-state index contributed by atoms with van der Waals surface area (Å²) in [6.07, 6.45) is 1.36. The number of carbonyl (C=O) groups is 3. The normalized spacial score (nSPS) is 14.2. The molecular weight excluding hydrogens is 568 g/mol. The molecule has 0 unspecified atom stereocenters. The SMILES string of the molecule is CNC(=O)c1cc(Cl)ncc1NC(=O)C1(c2ccccc2C(C)C)CN(c2ccc(C(=O)NS(=O)(=O)NC)cc2)C1. The van der Waals surface area contributed by atoms with E-state index in [1.165, 1.54) is 38.5 Å². The Morgan fingerprint density at radius 2 is 1.66 bits per heavy atom. The van der Waals surface area contributed by atoms with Gasteiger partial charge >= 0.3 is 10.2 Å². The van der Waals surface area contributed by atoms with Crippen molar-refractivity contribution in [3.05, 3.63) is 88.2 Å². The fourth-order valence-electron chi connectivity index (χ4n) is 4.81. The van der Waals surface area contributed by atoms with Crippen LogP contribution in [0.2, 0.25) is 5.15 Å². The molecule has 41 heavy (non-hydrogen) atoms. The molecule has 1 aromatic heterocycles. The molecule has 0 aliphatic carbocycles. The summed E-state index contributed by atoms with van der Waals surface area (Å²) < 4.78 is 27.3. The third-order valence-corrected chi connectivity index (χ3v) is 8.23. The molecule has 3 amide bonds. The fraction of sp³-hybridized carbons (Fsp3) is 0.286. The van der Waals surface area contributed by atoms with Crippen LogP contribution < -0.4 is 25.0 Å². The number of aromatic nitrogens is 1. The predicted molar refractivity (Wildman–Crippen MR) is 158 cm³/mol. The molecule has 3 aromatic rings. The average molecular weight is 599 g/mol. The van der Waals surface area contributed by atoms with Crippen molar-refractivity contribution in [1.82, 2.24) is 19.7 Å². The Hall–Kier alpha value is -4.00.